The van der Waals surface area contributed by atoms with Crippen molar-refractivity contribution >= 4 is 21.8 Å². The summed E-state index contributed by atoms with van der Waals surface area (Å²) in [5.41, 5.74) is 0.593. The highest BCUT2D eigenvalue weighted by molar-refractivity contribution is 9.10. The van der Waals surface area contributed by atoms with Gasteiger partial charge in [-0.1, -0.05) is 22.9 Å². The van der Waals surface area contributed by atoms with Crippen LogP contribution in [0, 0.1) is 5.82 Å². The van der Waals surface area contributed by atoms with Crippen molar-refractivity contribution in [2.75, 3.05) is 19.6 Å². The van der Waals surface area contributed by atoms with Crippen LogP contribution in [0.2, 0.25) is 0 Å². The van der Waals surface area contributed by atoms with Gasteiger partial charge >= 0.3 is 0 Å². The number of hydrogen-bond acceptors (Lipinski definition) is 2. The number of benzene rings is 1. The van der Waals surface area contributed by atoms with Crippen molar-refractivity contribution in [1.82, 2.24) is 10.2 Å². The number of nitrogens with zero attached hydrogens (tertiary/aromatic N) is 1. The minimum Gasteiger partial charge on any atom is -0.355 e. The highest BCUT2D eigenvalue weighted by atomic mass is 79.9. The molecule has 0 unspecified atom stereocenters. The monoisotopic (exact) mass is 316 g/mol. The summed E-state index contributed by atoms with van der Waals surface area (Å²) >= 11 is 3.32. The van der Waals surface area contributed by atoms with E-state index in [4.69, 9.17) is 0 Å². The molecule has 0 atom stereocenters. The summed E-state index contributed by atoms with van der Waals surface area (Å²) in [5.74, 6) is -0.276. The molecule has 5 heteroatoms. The first-order chi connectivity index (χ1) is 8.56. The van der Waals surface area contributed by atoms with E-state index in [-0.39, 0.29) is 18.3 Å². The minimum absolute atomic E-state index is 0.0326. The van der Waals surface area contributed by atoms with Crippen LogP contribution < -0.4 is 5.32 Å². The lowest BCUT2D eigenvalue weighted by Gasteiger charge is -2.20. The van der Waals surface area contributed by atoms with Crippen LogP contribution in [0.15, 0.2) is 22.7 Å². The molecule has 0 saturated heterocycles. The number of nitrogens with one attached hydrogen (secondary N) is 1. The van der Waals surface area contributed by atoms with Gasteiger partial charge < -0.3 is 5.32 Å². The Balaban J connectivity index is 2.67. The molecular formula is C13H18BrFN2O. The van der Waals surface area contributed by atoms with Gasteiger partial charge in [-0.3, -0.25) is 9.69 Å². The van der Waals surface area contributed by atoms with Gasteiger partial charge in [0.1, 0.15) is 5.82 Å². The molecule has 1 rings (SSSR count). The Morgan fingerprint density at radius 2 is 2.17 bits per heavy atom. The zero-order valence-corrected chi connectivity index (χ0v) is 12.3. The number of rotatable bonds is 6. The number of hydrogen-bond donors (Lipinski definition) is 1. The molecule has 1 N–H and O–H groups in total. The molecule has 0 spiro atoms. The summed E-state index contributed by atoms with van der Waals surface area (Å²) in [7, 11) is 0. The molecular weight excluding hydrogens is 299 g/mol. The molecule has 0 aromatic heterocycles. The van der Waals surface area contributed by atoms with Crippen LogP contribution in [0.25, 0.3) is 0 Å². The van der Waals surface area contributed by atoms with E-state index in [9.17, 15) is 9.18 Å². The Labute approximate surface area is 115 Å². The molecule has 0 aliphatic heterocycles. The van der Waals surface area contributed by atoms with Gasteiger partial charge in [0.05, 0.1) is 6.54 Å². The maximum atomic E-state index is 13.6. The molecule has 0 fully saturated rings. The van der Waals surface area contributed by atoms with Crippen LogP contribution in [-0.4, -0.2) is 30.4 Å². The van der Waals surface area contributed by atoms with Gasteiger partial charge in [0.25, 0.3) is 0 Å². The maximum Gasteiger partial charge on any atom is 0.234 e. The second-order valence-corrected chi connectivity index (χ2v) is 4.91. The summed E-state index contributed by atoms with van der Waals surface area (Å²) in [6, 6.07) is 4.84. The lowest BCUT2D eigenvalue weighted by molar-refractivity contribution is -0.122. The van der Waals surface area contributed by atoms with Crippen LogP contribution >= 0.6 is 15.9 Å². The topological polar surface area (TPSA) is 32.3 Å². The summed E-state index contributed by atoms with van der Waals surface area (Å²) in [5, 5.41) is 2.74. The summed E-state index contributed by atoms with van der Waals surface area (Å²) in [4.78, 5) is 13.4. The fourth-order valence-corrected chi connectivity index (χ4v) is 2.05. The Hall–Kier alpha value is -0.940. The van der Waals surface area contributed by atoms with E-state index in [1.54, 1.807) is 12.1 Å². The van der Waals surface area contributed by atoms with Crippen molar-refractivity contribution in [3.63, 3.8) is 0 Å². The second kappa shape index (κ2) is 7.48. The average Bonchev–Trinajstić information content (AvgIpc) is 2.33. The van der Waals surface area contributed by atoms with Gasteiger partial charge in [-0.2, -0.15) is 0 Å². The van der Waals surface area contributed by atoms with Crippen LogP contribution in [-0.2, 0) is 11.3 Å². The largest absolute Gasteiger partial charge is 0.355 e. The quantitative estimate of drug-likeness (QED) is 0.874. The molecule has 0 heterocycles. The molecule has 0 aliphatic rings. The average molecular weight is 317 g/mol. The first-order valence-corrected chi connectivity index (χ1v) is 6.79. The van der Waals surface area contributed by atoms with Crippen LogP contribution in [0.5, 0.6) is 0 Å². The summed E-state index contributed by atoms with van der Waals surface area (Å²) < 4.78 is 14.4. The van der Waals surface area contributed by atoms with Crippen molar-refractivity contribution in [2.45, 2.75) is 20.4 Å². The van der Waals surface area contributed by atoms with E-state index >= 15 is 0 Å². The predicted molar refractivity (Wildman–Crippen MR) is 73.7 cm³/mol. The van der Waals surface area contributed by atoms with Crippen LogP contribution in [0.3, 0.4) is 0 Å². The van der Waals surface area contributed by atoms with Crippen molar-refractivity contribution in [1.29, 1.82) is 0 Å². The standard InChI is InChI=1S/C13H18BrFN2O/c1-3-16-13(18)9-17(4-2)8-10-7-11(14)5-6-12(10)15/h5-7H,3-4,8-9H2,1-2H3,(H,16,18). The fourth-order valence-electron chi connectivity index (χ4n) is 1.64. The lowest BCUT2D eigenvalue weighted by atomic mass is 10.2. The summed E-state index contributed by atoms with van der Waals surface area (Å²) in [6.07, 6.45) is 0. The van der Waals surface area contributed by atoms with Gasteiger partial charge in [0.15, 0.2) is 0 Å². The van der Waals surface area contributed by atoms with Gasteiger partial charge in [0.2, 0.25) is 5.91 Å². The summed E-state index contributed by atoms with van der Waals surface area (Å²) in [6.45, 7) is 5.86. The fraction of sp³-hybridized carbons (Fsp3) is 0.462. The third kappa shape index (κ3) is 4.74. The maximum absolute atomic E-state index is 13.6. The first kappa shape index (κ1) is 15.1. The lowest BCUT2D eigenvalue weighted by Crippen LogP contribution is -2.36. The molecule has 1 aromatic carbocycles. The predicted octanol–water partition coefficient (Wildman–Crippen LogP) is 2.55. The number of likely N-dealkylation sites (N-methyl/N-ethyl adjacent to an activating group) is 2. The Bertz CT molecular complexity index is 412. The van der Waals surface area contributed by atoms with Crippen LogP contribution in [0.4, 0.5) is 4.39 Å². The van der Waals surface area contributed by atoms with E-state index in [2.05, 4.69) is 21.2 Å². The Kier molecular flexibility index (Phi) is 6.29. The van der Waals surface area contributed by atoms with Crippen LogP contribution in [0.1, 0.15) is 19.4 Å². The number of carbonyl (C=O) groups is 1. The van der Waals surface area contributed by atoms with Crippen molar-refractivity contribution in [2.24, 2.45) is 0 Å². The van der Waals surface area contributed by atoms with Gasteiger partial charge in [-0.25, -0.2) is 4.39 Å². The minimum atomic E-state index is -0.243. The third-order valence-corrected chi connectivity index (χ3v) is 3.08. The molecule has 0 bridgehead atoms. The van der Waals surface area contributed by atoms with E-state index in [0.717, 1.165) is 4.47 Å². The van der Waals surface area contributed by atoms with E-state index in [1.165, 1.54) is 6.07 Å². The Morgan fingerprint density at radius 3 is 2.78 bits per heavy atom. The number of carbonyl (C=O) groups excluding carboxylic acids is 1. The molecule has 18 heavy (non-hydrogen) atoms. The number of halogens is 2. The highest BCUT2D eigenvalue weighted by Crippen LogP contribution is 2.17. The Morgan fingerprint density at radius 1 is 1.44 bits per heavy atom. The van der Waals surface area contributed by atoms with E-state index in [1.807, 2.05) is 18.7 Å². The highest BCUT2D eigenvalue weighted by Gasteiger charge is 2.11. The zero-order valence-electron chi connectivity index (χ0n) is 10.7. The molecule has 0 saturated carbocycles. The van der Waals surface area contributed by atoms with Crippen molar-refractivity contribution in [3.05, 3.63) is 34.1 Å². The molecule has 1 amide bonds. The molecule has 3 nitrogen and oxygen atoms in total. The molecule has 0 aliphatic carbocycles. The van der Waals surface area contributed by atoms with Crippen molar-refractivity contribution in [3.8, 4) is 0 Å². The van der Waals surface area contributed by atoms with Gasteiger partial charge in [-0.05, 0) is 31.7 Å². The van der Waals surface area contributed by atoms with Crippen molar-refractivity contribution < 1.29 is 9.18 Å². The zero-order chi connectivity index (χ0) is 13.5. The molecule has 0 radical (unpaired) electrons. The third-order valence-electron chi connectivity index (χ3n) is 2.59. The van der Waals surface area contributed by atoms with E-state index < -0.39 is 0 Å². The normalized spacial score (nSPS) is 10.7. The van der Waals surface area contributed by atoms with Gasteiger partial charge in [0, 0.05) is 23.1 Å². The van der Waals surface area contributed by atoms with Gasteiger partial charge in [-0.15, -0.1) is 0 Å². The first-order valence-electron chi connectivity index (χ1n) is 5.99. The second-order valence-electron chi connectivity index (χ2n) is 3.99. The smallest absolute Gasteiger partial charge is 0.234 e. The van der Waals surface area contributed by atoms with E-state index in [0.29, 0.717) is 25.2 Å². The SMILES string of the molecule is CCNC(=O)CN(CC)Cc1cc(Br)ccc1F. The molecule has 1 aromatic rings. The number of amides is 1. The molecule has 100 valence electrons.